The summed E-state index contributed by atoms with van der Waals surface area (Å²) < 4.78 is 54.8. The van der Waals surface area contributed by atoms with Crippen LogP contribution in [0.5, 0.6) is 0 Å². The highest BCUT2D eigenvalue weighted by atomic mass is 32.2. The van der Waals surface area contributed by atoms with Crippen LogP contribution in [-0.2, 0) is 27.4 Å². The largest absolute Gasteiger partial charge is 0.388 e. The molecule has 1 saturated heterocycles. The molecule has 1 atom stereocenters. The number of fused-ring (bicyclic) bond motifs is 1. The Morgan fingerprint density at radius 1 is 1.22 bits per heavy atom. The first-order valence-electron chi connectivity index (χ1n) is 7.83. The number of aliphatic hydroxyl groups excluding tert-OH is 1. The zero-order valence-corrected chi connectivity index (χ0v) is 13.5. The van der Waals surface area contributed by atoms with Gasteiger partial charge < -0.3 is 9.84 Å². The summed E-state index contributed by atoms with van der Waals surface area (Å²) in [6.07, 6.45) is 2.58. The second kappa shape index (κ2) is 6.45. The number of aliphatic hydroxyl groups is 1. The first-order chi connectivity index (χ1) is 10.9. The molecule has 0 spiro atoms. The van der Waals surface area contributed by atoms with Crippen molar-refractivity contribution in [1.82, 2.24) is 0 Å². The topological polar surface area (TPSA) is 63.6 Å². The number of hydrogen-bond donors (Lipinski definition) is 1. The molecule has 0 bridgehead atoms. The Labute approximate surface area is 134 Å². The molecule has 1 heterocycles. The Balaban J connectivity index is 1.99. The molecule has 1 fully saturated rings. The van der Waals surface area contributed by atoms with Gasteiger partial charge in [0.25, 0.3) is 0 Å². The highest BCUT2D eigenvalue weighted by Gasteiger charge is 2.35. The lowest BCUT2D eigenvalue weighted by atomic mass is 9.89. The first-order valence-corrected chi connectivity index (χ1v) is 9.38. The molecule has 1 aliphatic carbocycles. The van der Waals surface area contributed by atoms with Gasteiger partial charge >= 0.3 is 5.76 Å². The number of halogens is 2. The summed E-state index contributed by atoms with van der Waals surface area (Å²) in [6, 6.07) is 2.88. The Morgan fingerprint density at radius 3 is 2.57 bits per heavy atom. The molecule has 3 rings (SSSR count). The minimum Gasteiger partial charge on any atom is -0.388 e. The molecular weight excluding hydrogens is 326 g/mol. The van der Waals surface area contributed by atoms with Crippen molar-refractivity contribution in [2.24, 2.45) is 5.92 Å². The van der Waals surface area contributed by atoms with Gasteiger partial charge in [0.1, 0.15) is 0 Å². The third-order valence-electron chi connectivity index (χ3n) is 4.81. The third kappa shape index (κ3) is 3.14. The van der Waals surface area contributed by atoms with E-state index in [2.05, 4.69) is 0 Å². The van der Waals surface area contributed by atoms with E-state index in [9.17, 15) is 22.3 Å². The van der Waals surface area contributed by atoms with Gasteiger partial charge in [-0.15, -0.1) is 0 Å². The minimum atomic E-state index is -4.70. The summed E-state index contributed by atoms with van der Waals surface area (Å²) in [6.45, 7) is 1.43. The number of sulfone groups is 1. The number of hydrogen-bond acceptors (Lipinski definition) is 4. The van der Waals surface area contributed by atoms with Crippen LogP contribution in [0.1, 0.15) is 42.1 Å². The summed E-state index contributed by atoms with van der Waals surface area (Å²) in [5, 5.41) is 10.1. The van der Waals surface area contributed by atoms with Crippen molar-refractivity contribution in [3.63, 3.8) is 0 Å². The normalized spacial score (nSPS) is 22.5. The van der Waals surface area contributed by atoms with E-state index in [-0.39, 0.29) is 5.56 Å². The predicted octanol–water partition coefficient (Wildman–Crippen LogP) is 2.63. The Bertz CT molecular complexity index is 682. The van der Waals surface area contributed by atoms with Crippen LogP contribution in [0.15, 0.2) is 17.0 Å². The fraction of sp³-hybridized carbons (Fsp3) is 0.625. The molecule has 0 amide bonds. The number of ether oxygens (including phenoxy) is 1. The van der Waals surface area contributed by atoms with Gasteiger partial charge in [-0.25, -0.2) is 8.42 Å². The van der Waals surface area contributed by atoms with Gasteiger partial charge in [0.2, 0.25) is 9.84 Å². The van der Waals surface area contributed by atoms with E-state index in [0.717, 1.165) is 30.4 Å². The average molecular weight is 346 g/mol. The Hall–Kier alpha value is -1.05. The summed E-state index contributed by atoms with van der Waals surface area (Å²) in [5.74, 6) is -3.02. The lowest BCUT2D eigenvalue weighted by molar-refractivity contribution is 0.0665. The molecule has 0 unspecified atom stereocenters. The van der Waals surface area contributed by atoms with Gasteiger partial charge in [-0.3, -0.25) is 0 Å². The molecule has 1 N–H and O–H groups in total. The number of alkyl halides is 2. The van der Waals surface area contributed by atoms with Crippen molar-refractivity contribution in [2.45, 2.75) is 48.9 Å². The first kappa shape index (κ1) is 16.8. The second-order valence-corrected chi connectivity index (χ2v) is 8.12. The molecule has 7 heteroatoms. The van der Waals surface area contributed by atoms with Crippen LogP contribution in [0.3, 0.4) is 0 Å². The highest BCUT2D eigenvalue weighted by molar-refractivity contribution is 7.91. The monoisotopic (exact) mass is 346 g/mol. The van der Waals surface area contributed by atoms with Crippen molar-refractivity contribution in [3.05, 3.63) is 28.8 Å². The summed E-state index contributed by atoms with van der Waals surface area (Å²) in [5.41, 5.74) is 1.90. The lowest BCUT2D eigenvalue weighted by Crippen LogP contribution is -2.19. The van der Waals surface area contributed by atoms with E-state index in [4.69, 9.17) is 4.74 Å². The standard InChI is InChI=1S/C16H20F2O4S/c17-16(18)23(20,21)14-4-1-11(9-10-5-7-22-8-6-10)12-2-3-13(19)15(12)14/h1,4,10,13,16,19H,2-3,5-9H2/t13-/m1/s1. The van der Waals surface area contributed by atoms with E-state index in [1.165, 1.54) is 6.07 Å². The van der Waals surface area contributed by atoms with Crippen LogP contribution in [0.2, 0.25) is 0 Å². The zero-order chi connectivity index (χ0) is 16.6. The van der Waals surface area contributed by atoms with E-state index in [1.54, 1.807) is 6.07 Å². The summed E-state index contributed by atoms with van der Waals surface area (Å²) in [4.78, 5) is -0.414. The molecule has 0 saturated carbocycles. The minimum absolute atomic E-state index is 0.190. The van der Waals surface area contributed by atoms with Gasteiger partial charge in [0.05, 0.1) is 11.0 Å². The molecule has 1 aromatic carbocycles. The van der Waals surface area contributed by atoms with Gasteiger partial charge in [0, 0.05) is 18.8 Å². The SMILES string of the molecule is O=S(=O)(c1ccc(CC2CCOCC2)c2c1[C@H](O)CC2)C(F)F. The van der Waals surface area contributed by atoms with Crippen LogP contribution in [0.4, 0.5) is 8.78 Å². The van der Waals surface area contributed by atoms with Crippen LogP contribution >= 0.6 is 0 Å². The molecule has 2 aliphatic rings. The van der Waals surface area contributed by atoms with Crippen LogP contribution in [0.25, 0.3) is 0 Å². The quantitative estimate of drug-likeness (QED) is 0.910. The highest BCUT2D eigenvalue weighted by Crippen LogP contribution is 2.40. The molecule has 0 aromatic heterocycles. The smallest absolute Gasteiger partial charge is 0.341 e. The maximum atomic E-state index is 12.9. The molecule has 1 aliphatic heterocycles. The molecule has 0 radical (unpaired) electrons. The average Bonchev–Trinajstić information content (AvgIpc) is 2.91. The van der Waals surface area contributed by atoms with Crippen molar-refractivity contribution in [1.29, 1.82) is 0 Å². The van der Waals surface area contributed by atoms with Crippen LogP contribution in [0, 0.1) is 5.92 Å². The van der Waals surface area contributed by atoms with Crippen molar-refractivity contribution >= 4 is 9.84 Å². The molecule has 23 heavy (non-hydrogen) atoms. The Kier molecular flexibility index (Phi) is 4.71. The van der Waals surface area contributed by atoms with E-state index in [1.807, 2.05) is 0 Å². The maximum absolute atomic E-state index is 12.9. The van der Waals surface area contributed by atoms with Gasteiger partial charge in [-0.05, 0) is 55.2 Å². The van der Waals surface area contributed by atoms with Gasteiger partial charge in [-0.2, -0.15) is 8.78 Å². The molecular formula is C16H20F2O4S. The summed E-state index contributed by atoms with van der Waals surface area (Å²) in [7, 11) is -4.70. The molecule has 1 aromatic rings. The van der Waals surface area contributed by atoms with Gasteiger partial charge in [0.15, 0.2) is 0 Å². The Morgan fingerprint density at radius 2 is 1.91 bits per heavy atom. The fourth-order valence-electron chi connectivity index (χ4n) is 3.57. The van der Waals surface area contributed by atoms with Crippen molar-refractivity contribution in [2.75, 3.05) is 13.2 Å². The van der Waals surface area contributed by atoms with E-state index in [0.29, 0.717) is 32.0 Å². The third-order valence-corrected chi connectivity index (χ3v) is 6.24. The van der Waals surface area contributed by atoms with Crippen molar-refractivity contribution < 1.29 is 27.0 Å². The predicted molar refractivity (Wildman–Crippen MR) is 80.2 cm³/mol. The molecule has 128 valence electrons. The van der Waals surface area contributed by atoms with Gasteiger partial charge in [-0.1, -0.05) is 6.07 Å². The number of rotatable bonds is 4. The second-order valence-electron chi connectivity index (χ2n) is 6.24. The fourth-order valence-corrected chi connectivity index (χ4v) is 4.59. The number of benzene rings is 1. The van der Waals surface area contributed by atoms with E-state index >= 15 is 0 Å². The zero-order valence-electron chi connectivity index (χ0n) is 12.7. The summed E-state index contributed by atoms with van der Waals surface area (Å²) >= 11 is 0. The van der Waals surface area contributed by atoms with E-state index < -0.39 is 26.6 Å². The van der Waals surface area contributed by atoms with Crippen LogP contribution in [-0.4, -0.2) is 32.5 Å². The van der Waals surface area contributed by atoms with Crippen molar-refractivity contribution in [3.8, 4) is 0 Å². The molecule has 4 nitrogen and oxygen atoms in total. The maximum Gasteiger partial charge on any atom is 0.341 e. The lowest BCUT2D eigenvalue weighted by Gasteiger charge is -2.23. The van der Waals surface area contributed by atoms with Crippen LogP contribution < -0.4 is 0 Å².